The van der Waals surface area contributed by atoms with Gasteiger partial charge in [0.2, 0.25) is 0 Å². The highest BCUT2D eigenvalue weighted by molar-refractivity contribution is 5.86. The number of aliphatic carboxylic acids is 1. The highest BCUT2D eigenvalue weighted by atomic mass is 16.5. The number of carbonyl (C=O) groups is 2. The van der Waals surface area contributed by atoms with Crippen molar-refractivity contribution >= 4 is 11.9 Å². The summed E-state index contributed by atoms with van der Waals surface area (Å²) in [5, 5.41) is 11.1. The van der Waals surface area contributed by atoms with Gasteiger partial charge < -0.3 is 15.2 Å². The van der Waals surface area contributed by atoms with Crippen LogP contribution in [0.2, 0.25) is 0 Å². The molecule has 5 nitrogen and oxygen atoms in total. The Labute approximate surface area is 99.4 Å². The number of nitrogens with one attached hydrogen (secondary N) is 1. The van der Waals surface area contributed by atoms with Crippen molar-refractivity contribution in [1.29, 1.82) is 0 Å². The first-order valence-corrected chi connectivity index (χ1v) is 5.17. The highest BCUT2D eigenvalue weighted by Crippen LogP contribution is 2.16. The van der Waals surface area contributed by atoms with E-state index >= 15 is 0 Å². The van der Waals surface area contributed by atoms with Crippen LogP contribution in [0.1, 0.15) is 18.6 Å². The van der Waals surface area contributed by atoms with Crippen LogP contribution in [0.5, 0.6) is 0 Å². The first kappa shape index (κ1) is 13.2. The van der Waals surface area contributed by atoms with Gasteiger partial charge in [-0.2, -0.15) is 0 Å². The van der Waals surface area contributed by atoms with Gasteiger partial charge >= 0.3 is 5.97 Å². The zero-order chi connectivity index (χ0) is 12.8. The molecule has 0 bridgehead atoms. The summed E-state index contributed by atoms with van der Waals surface area (Å²) in [7, 11) is 1.41. The van der Waals surface area contributed by atoms with Crippen LogP contribution in [0.25, 0.3) is 0 Å². The molecular weight excluding hydrogens is 222 g/mol. The Morgan fingerprint density at radius 2 is 1.88 bits per heavy atom. The van der Waals surface area contributed by atoms with Gasteiger partial charge in [0.25, 0.3) is 5.91 Å². The van der Waals surface area contributed by atoms with E-state index in [2.05, 4.69) is 5.32 Å². The van der Waals surface area contributed by atoms with Crippen LogP contribution in [-0.4, -0.2) is 30.1 Å². The summed E-state index contributed by atoms with van der Waals surface area (Å²) in [5.74, 6) is -1.55. The van der Waals surface area contributed by atoms with Gasteiger partial charge in [-0.05, 0) is 12.5 Å². The van der Waals surface area contributed by atoms with Gasteiger partial charge in [-0.3, -0.25) is 9.59 Å². The lowest BCUT2D eigenvalue weighted by atomic mass is 10.1. The van der Waals surface area contributed by atoms with Gasteiger partial charge in [-0.25, -0.2) is 0 Å². The van der Waals surface area contributed by atoms with E-state index < -0.39 is 24.0 Å². The number of benzene rings is 1. The number of carboxylic acid groups (broad SMARTS) is 1. The second-order valence-electron chi connectivity index (χ2n) is 3.59. The molecule has 5 heteroatoms. The van der Waals surface area contributed by atoms with Crippen LogP contribution in [0.15, 0.2) is 30.3 Å². The molecule has 0 aromatic heterocycles. The number of ether oxygens (including phenoxy) is 1. The minimum Gasteiger partial charge on any atom is -0.480 e. The Morgan fingerprint density at radius 1 is 1.29 bits per heavy atom. The van der Waals surface area contributed by atoms with Crippen molar-refractivity contribution in [2.75, 3.05) is 7.11 Å². The van der Waals surface area contributed by atoms with Crippen molar-refractivity contribution in [2.24, 2.45) is 0 Å². The van der Waals surface area contributed by atoms with Crippen LogP contribution in [0.3, 0.4) is 0 Å². The molecule has 0 saturated heterocycles. The molecule has 0 aliphatic carbocycles. The van der Waals surface area contributed by atoms with E-state index in [4.69, 9.17) is 9.84 Å². The second kappa shape index (κ2) is 6.00. The molecule has 0 spiro atoms. The number of hydrogen-bond donors (Lipinski definition) is 2. The SMILES string of the molecule is CO[C@@H](C(=O)NC(C)C(=O)O)c1ccccc1. The third kappa shape index (κ3) is 3.57. The van der Waals surface area contributed by atoms with Crippen LogP contribution in [0, 0.1) is 0 Å². The zero-order valence-corrected chi connectivity index (χ0v) is 9.71. The molecule has 1 aromatic carbocycles. The third-order valence-electron chi connectivity index (χ3n) is 2.31. The van der Waals surface area contributed by atoms with Gasteiger partial charge in [-0.15, -0.1) is 0 Å². The van der Waals surface area contributed by atoms with E-state index in [-0.39, 0.29) is 0 Å². The lowest BCUT2D eigenvalue weighted by Gasteiger charge is -2.17. The number of amides is 1. The first-order valence-electron chi connectivity index (χ1n) is 5.17. The molecule has 0 saturated carbocycles. The summed E-state index contributed by atoms with van der Waals surface area (Å²) in [5.41, 5.74) is 0.685. The van der Waals surface area contributed by atoms with Gasteiger partial charge in [0, 0.05) is 7.11 Å². The Kier molecular flexibility index (Phi) is 4.66. The molecule has 0 aliphatic heterocycles. The summed E-state index contributed by atoms with van der Waals surface area (Å²) in [4.78, 5) is 22.4. The van der Waals surface area contributed by atoms with Crippen LogP contribution in [-0.2, 0) is 14.3 Å². The Hall–Kier alpha value is -1.88. The summed E-state index contributed by atoms with van der Waals surface area (Å²) >= 11 is 0. The predicted molar refractivity (Wildman–Crippen MR) is 61.4 cm³/mol. The average Bonchev–Trinajstić information content (AvgIpc) is 2.31. The first-order chi connectivity index (χ1) is 8.06. The van der Waals surface area contributed by atoms with Gasteiger partial charge in [0.05, 0.1) is 0 Å². The second-order valence-corrected chi connectivity index (χ2v) is 3.59. The van der Waals surface area contributed by atoms with Crippen LogP contribution in [0.4, 0.5) is 0 Å². The summed E-state index contributed by atoms with van der Waals surface area (Å²) in [6, 6.07) is 7.96. The van der Waals surface area contributed by atoms with E-state index in [9.17, 15) is 9.59 Å². The van der Waals surface area contributed by atoms with E-state index in [1.807, 2.05) is 6.07 Å². The number of rotatable bonds is 5. The maximum atomic E-state index is 11.8. The van der Waals surface area contributed by atoms with Crippen LogP contribution < -0.4 is 5.32 Å². The van der Waals surface area contributed by atoms with Crippen molar-refractivity contribution in [3.05, 3.63) is 35.9 Å². The lowest BCUT2D eigenvalue weighted by molar-refractivity contribution is -0.143. The number of carboxylic acids is 1. The molecule has 2 atom stereocenters. The van der Waals surface area contributed by atoms with Crippen LogP contribution >= 0.6 is 0 Å². The van der Waals surface area contributed by atoms with E-state index in [0.29, 0.717) is 5.56 Å². The number of carbonyl (C=O) groups excluding carboxylic acids is 1. The Balaban J connectivity index is 2.75. The Bertz CT molecular complexity index is 391. The minimum absolute atomic E-state index is 0.464. The predicted octanol–water partition coefficient (Wildman–Crippen LogP) is 0.963. The number of hydrogen-bond acceptors (Lipinski definition) is 3. The van der Waals surface area contributed by atoms with Crippen molar-refractivity contribution in [1.82, 2.24) is 5.32 Å². The van der Waals surface area contributed by atoms with E-state index in [1.165, 1.54) is 14.0 Å². The fraction of sp³-hybridized carbons (Fsp3) is 0.333. The fourth-order valence-electron chi connectivity index (χ4n) is 1.37. The molecule has 92 valence electrons. The van der Waals surface area contributed by atoms with E-state index in [1.54, 1.807) is 24.3 Å². The zero-order valence-electron chi connectivity index (χ0n) is 9.71. The molecule has 1 amide bonds. The van der Waals surface area contributed by atoms with Gasteiger partial charge in [0.15, 0.2) is 6.10 Å². The lowest BCUT2D eigenvalue weighted by Crippen LogP contribution is -2.41. The number of methoxy groups -OCH3 is 1. The molecule has 0 aliphatic rings. The third-order valence-corrected chi connectivity index (χ3v) is 2.31. The molecule has 0 fully saturated rings. The topological polar surface area (TPSA) is 75.6 Å². The molecular formula is C12H15NO4. The quantitative estimate of drug-likeness (QED) is 0.800. The van der Waals surface area contributed by atoms with Crippen molar-refractivity contribution in [3.8, 4) is 0 Å². The summed E-state index contributed by atoms with van der Waals surface area (Å²) in [6.45, 7) is 1.40. The largest absolute Gasteiger partial charge is 0.480 e. The van der Waals surface area contributed by atoms with Gasteiger partial charge in [0.1, 0.15) is 6.04 Å². The monoisotopic (exact) mass is 237 g/mol. The molecule has 1 unspecified atom stereocenters. The molecule has 1 rings (SSSR count). The molecule has 1 aromatic rings. The molecule has 0 radical (unpaired) electrons. The smallest absolute Gasteiger partial charge is 0.325 e. The molecule has 0 heterocycles. The molecule has 17 heavy (non-hydrogen) atoms. The van der Waals surface area contributed by atoms with Gasteiger partial charge in [-0.1, -0.05) is 30.3 Å². The fourth-order valence-corrected chi connectivity index (χ4v) is 1.37. The van der Waals surface area contributed by atoms with Crippen molar-refractivity contribution in [3.63, 3.8) is 0 Å². The maximum absolute atomic E-state index is 11.8. The maximum Gasteiger partial charge on any atom is 0.325 e. The average molecular weight is 237 g/mol. The highest BCUT2D eigenvalue weighted by Gasteiger charge is 2.23. The summed E-state index contributed by atoms with van der Waals surface area (Å²) < 4.78 is 5.07. The molecule has 2 N–H and O–H groups in total. The standard InChI is InChI=1S/C12H15NO4/c1-8(12(15)16)13-11(14)10(17-2)9-6-4-3-5-7-9/h3-8,10H,1-2H3,(H,13,14)(H,15,16)/t8?,10-/m1/s1. The minimum atomic E-state index is -1.08. The summed E-state index contributed by atoms with van der Waals surface area (Å²) in [6.07, 6.45) is -0.794. The normalized spacial score (nSPS) is 13.8. The van der Waals surface area contributed by atoms with E-state index in [0.717, 1.165) is 0 Å². The Morgan fingerprint density at radius 3 is 2.35 bits per heavy atom. The van der Waals surface area contributed by atoms with Crippen molar-refractivity contribution < 1.29 is 19.4 Å². The van der Waals surface area contributed by atoms with Crippen molar-refractivity contribution in [2.45, 2.75) is 19.1 Å².